The highest BCUT2D eigenvalue weighted by molar-refractivity contribution is 7.99. The summed E-state index contributed by atoms with van der Waals surface area (Å²) in [4.78, 5) is 12.1. The predicted octanol–water partition coefficient (Wildman–Crippen LogP) is 4.09. The molecule has 0 radical (unpaired) electrons. The van der Waals surface area contributed by atoms with Gasteiger partial charge in [-0.1, -0.05) is 23.9 Å². The molecular formula is C19H19N3O3S. The van der Waals surface area contributed by atoms with Crippen molar-refractivity contribution in [3.05, 3.63) is 53.6 Å². The van der Waals surface area contributed by atoms with Crippen molar-refractivity contribution in [2.24, 2.45) is 0 Å². The number of ether oxygens (including phenoxy) is 1. The molecule has 0 fully saturated rings. The zero-order valence-electron chi connectivity index (χ0n) is 14.8. The van der Waals surface area contributed by atoms with E-state index < -0.39 is 0 Å². The van der Waals surface area contributed by atoms with Crippen LogP contribution in [0.25, 0.3) is 11.5 Å². The zero-order valence-corrected chi connectivity index (χ0v) is 15.6. The van der Waals surface area contributed by atoms with Gasteiger partial charge in [0.05, 0.1) is 12.9 Å². The smallest absolute Gasteiger partial charge is 0.277 e. The van der Waals surface area contributed by atoms with Gasteiger partial charge < -0.3 is 14.5 Å². The van der Waals surface area contributed by atoms with E-state index in [1.165, 1.54) is 17.3 Å². The zero-order chi connectivity index (χ0) is 18.5. The summed E-state index contributed by atoms with van der Waals surface area (Å²) in [6.45, 7) is 4.05. The monoisotopic (exact) mass is 369 g/mol. The van der Waals surface area contributed by atoms with Crippen molar-refractivity contribution < 1.29 is 13.9 Å². The average molecular weight is 369 g/mol. The number of rotatable bonds is 6. The van der Waals surface area contributed by atoms with Crippen molar-refractivity contribution >= 4 is 23.4 Å². The van der Waals surface area contributed by atoms with Gasteiger partial charge in [-0.05, 0) is 55.3 Å². The standard InChI is InChI=1S/C19H19N3O3S/c1-12-7-8-15(9-13(12)2)20-17(23)11-26-19-22-21-18(25-19)14-5-4-6-16(10-14)24-3/h4-10H,11H2,1-3H3,(H,20,23). The molecule has 0 aliphatic carbocycles. The molecule has 1 N–H and O–H groups in total. The number of methoxy groups -OCH3 is 1. The lowest BCUT2D eigenvalue weighted by Gasteiger charge is -2.06. The van der Waals surface area contributed by atoms with Gasteiger partial charge in [0.1, 0.15) is 5.75 Å². The lowest BCUT2D eigenvalue weighted by Crippen LogP contribution is -2.14. The van der Waals surface area contributed by atoms with Gasteiger partial charge in [-0.2, -0.15) is 0 Å². The van der Waals surface area contributed by atoms with E-state index in [4.69, 9.17) is 9.15 Å². The van der Waals surface area contributed by atoms with Crippen molar-refractivity contribution in [2.45, 2.75) is 19.1 Å². The summed E-state index contributed by atoms with van der Waals surface area (Å²) in [5.74, 6) is 1.16. The third-order valence-corrected chi connectivity index (χ3v) is 4.66. The fraction of sp³-hybridized carbons (Fsp3) is 0.211. The highest BCUT2D eigenvalue weighted by Gasteiger charge is 2.12. The van der Waals surface area contributed by atoms with Crippen LogP contribution in [-0.4, -0.2) is 29.0 Å². The number of benzene rings is 2. The molecule has 1 heterocycles. The second-order valence-corrected chi connectivity index (χ2v) is 6.67. The third kappa shape index (κ3) is 4.43. The maximum atomic E-state index is 12.1. The van der Waals surface area contributed by atoms with Crippen molar-refractivity contribution in [3.63, 3.8) is 0 Å². The van der Waals surface area contributed by atoms with E-state index >= 15 is 0 Å². The average Bonchev–Trinajstić information content (AvgIpc) is 3.12. The Kier molecular flexibility index (Phi) is 5.58. The first kappa shape index (κ1) is 18.0. The molecule has 0 saturated carbocycles. The molecule has 0 spiro atoms. The quantitative estimate of drug-likeness (QED) is 0.660. The Morgan fingerprint density at radius 2 is 2.00 bits per heavy atom. The van der Waals surface area contributed by atoms with Gasteiger partial charge in [-0.3, -0.25) is 4.79 Å². The van der Waals surface area contributed by atoms with Gasteiger partial charge in [0, 0.05) is 11.3 Å². The van der Waals surface area contributed by atoms with E-state index in [0.717, 1.165) is 16.8 Å². The summed E-state index contributed by atoms with van der Waals surface area (Å²) >= 11 is 1.20. The topological polar surface area (TPSA) is 77.2 Å². The summed E-state index contributed by atoms with van der Waals surface area (Å²) in [5, 5.41) is 11.2. The van der Waals surface area contributed by atoms with E-state index in [2.05, 4.69) is 15.5 Å². The Bertz CT molecular complexity index is 924. The largest absolute Gasteiger partial charge is 0.497 e. The first-order valence-corrected chi connectivity index (χ1v) is 9.01. The SMILES string of the molecule is COc1cccc(-c2nnc(SCC(=O)Nc3ccc(C)c(C)c3)o2)c1. The van der Waals surface area contributed by atoms with Crippen LogP contribution in [0.1, 0.15) is 11.1 Å². The van der Waals surface area contributed by atoms with Gasteiger partial charge in [-0.25, -0.2) is 0 Å². The van der Waals surface area contributed by atoms with Gasteiger partial charge in [0.25, 0.3) is 5.22 Å². The molecule has 7 heteroatoms. The van der Waals surface area contributed by atoms with E-state index in [-0.39, 0.29) is 11.7 Å². The second kappa shape index (κ2) is 8.05. The number of amides is 1. The third-order valence-electron chi connectivity index (χ3n) is 3.84. The minimum absolute atomic E-state index is 0.126. The fourth-order valence-corrected chi connectivity index (χ4v) is 2.85. The minimum Gasteiger partial charge on any atom is -0.497 e. The van der Waals surface area contributed by atoms with Gasteiger partial charge in [0.15, 0.2) is 0 Å². The van der Waals surface area contributed by atoms with Crippen LogP contribution in [0.2, 0.25) is 0 Å². The highest BCUT2D eigenvalue weighted by Crippen LogP contribution is 2.26. The Balaban J connectivity index is 1.58. The minimum atomic E-state index is -0.126. The van der Waals surface area contributed by atoms with E-state index in [1.54, 1.807) is 7.11 Å². The molecule has 3 aromatic rings. The molecule has 26 heavy (non-hydrogen) atoms. The fourth-order valence-electron chi connectivity index (χ4n) is 2.28. The van der Waals surface area contributed by atoms with Gasteiger partial charge in [-0.15, -0.1) is 10.2 Å². The van der Waals surface area contributed by atoms with Crippen molar-refractivity contribution in [1.82, 2.24) is 10.2 Å². The van der Waals surface area contributed by atoms with Crippen molar-refractivity contribution in [1.29, 1.82) is 0 Å². The normalized spacial score (nSPS) is 10.6. The van der Waals surface area contributed by atoms with Crippen molar-refractivity contribution in [3.8, 4) is 17.2 Å². The Morgan fingerprint density at radius 1 is 1.15 bits per heavy atom. The van der Waals surface area contributed by atoms with Crippen LogP contribution in [0, 0.1) is 13.8 Å². The number of nitrogens with zero attached hydrogens (tertiary/aromatic N) is 2. The number of nitrogens with one attached hydrogen (secondary N) is 1. The Morgan fingerprint density at radius 3 is 2.77 bits per heavy atom. The molecular weight excluding hydrogens is 350 g/mol. The van der Waals surface area contributed by atoms with Crippen LogP contribution >= 0.6 is 11.8 Å². The number of hydrogen-bond donors (Lipinski definition) is 1. The second-order valence-electron chi connectivity index (χ2n) is 5.74. The maximum absolute atomic E-state index is 12.1. The molecule has 2 aromatic carbocycles. The number of carbonyl (C=O) groups excluding carboxylic acids is 1. The molecule has 0 aliphatic heterocycles. The first-order valence-electron chi connectivity index (χ1n) is 8.03. The number of carbonyl (C=O) groups is 1. The first-order chi connectivity index (χ1) is 12.5. The highest BCUT2D eigenvalue weighted by atomic mass is 32.2. The van der Waals surface area contributed by atoms with E-state index in [1.807, 2.05) is 56.3 Å². The summed E-state index contributed by atoms with van der Waals surface area (Å²) in [5.41, 5.74) is 3.87. The van der Waals surface area contributed by atoms with Gasteiger partial charge >= 0.3 is 0 Å². The van der Waals surface area contributed by atoms with E-state index in [9.17, 15) is 4.79 Å². The van der Waals surface area contributed by atoms with Crippen LogP contribution in [0.15, 0.2) is 52.1 Å². The van der Waals surface area contributed by atoms with Crippen LogP contribution in [0.4, 0.5) is 5.69 Å². The molecule has 0 atom stereocenters. The van der Waals surface area contributed by atoms with Gasteiger partial charge in [0.2, 0.25) is 11.8 Å². The van der Waals surface area contributed by atoms with Crippen LogP contribution in [0.5, 0.6) is 5.75 Å². The molecule has 0 saturated heterocycles. The molecule has 134 valence electrons. The number of hydrogen-bond acceptors (Lipinski definition) is 6. The van der Waals surface area contributed by atoms with Crippen molar-refractivity contribution in [2.75, 3.05) is 18.2 Å². The number of aromatic nitrogens is 2. The summed E-state index contributed by atoms with van der Waals surface area (Å²) < 4.78 is 10.8. The summed E-state index contributed by atoms with van der Waals surface area (Å²) in [7, 11) is 1.60. The van der Waals surface area contributed by atoms with Crippen LogP contribution in [0.3, 0.4) is 0 Å². The summed E-state index contributed by atoms with van der Waals surface area (Å²) in [6.07, 6.45) is 0. The number of thioether (sulfide) groups is 1. The molecule has 0 bridgehead atoms. The molecule has 0 unspecified atom stereocenters. The molecule has 1 amide bonds. The number of anilines is 1. The molecule has 6 nitrogen and oxygen atoms in total. The summed E-state index contributed by atoms with van der Waals surface area (Å²) in [6, 6.07) is 13.2. The Hall–Kier alpha value is -2.80. The number of aryl methyl sites for hydroxylation is 2. The molecule has 0 aliphatic rings. The molecule has 3 rings (SSSR count). The van der Waals surface area contributed by atoms with Crippen LogP contribution < -0.4 is 10.1 Å². The lowest BCUT2D eigenvalue weighted by molar-refractivity contribution is -0.113. The van der Waals surface area contributed by atoms with Crippen LogP contribution in [-0.2, 0) is 4.79 Å². The molecule has 1 aromatic heterocycles. The lowest BCUT2D eigenvalue weighted by atomic mass is 10.1. The van der Waals surface area contributed by atoms with E-state index in [0.29, 0.717) is 16.9 Å². The Labute approximate surface area is 156 Å². The maximum Gasteiger partial charge on any atom is 0.277 e. The predicted molar refractivity (Wildman–Crippen MR) is 102 cm³/mol.